The van der Waals surface area contributed by atoms with Crippen molar-refractivity contribution in [2.45, 2.75) is 6.92 Å². The van der Waals surface area contributed by atoms with Crippen molar-refractivity contribution in [1.82, 2.24) is 9.55 Å². The molecule has 0 unspecified atom stereocenters. The molecule has 0 atom stereocenters. The molecule has 0 aliphatic rings. The van der Waals surface area contributed by atoms with Crippen molar-refractivity contribution in [2.75, 3.05) is 5.73 Å². The van der Waals surface area contributed by atoms with Crippen LogP contribution in [0, 0.1) is 0 Å². The topological polar surface area (TPSA) is 43.8 Å². The molecule has 10 heavy (non-hydrogen) atoms. The first-order valence-corrected chi connectivity index (χ1v) is 3.06. The number of rotatable bonds is 1. The van der Waals surface area contributed by atoms with Crippen LogP contribution in [0.15, 0.2) is 12.8 Å². The Balaban J connectivity index is 3.15. The Morgan fingerprint density at radius 2 is 2.40 bits per heavy atom. The number of nitrogen functional groups attached to an aromatic ring is 1. The maximum atomic E-state index is 5.44. The van der Waals surface area contributed by atoms with Crippen LogP contribution in [0.4, 0.5) is 5.82 Å². The summed E-state index contributed by atoms with van der Waals surface area (Å²) in [6, 6.07) is 0. The molecule has 2 N–H and O–H groups in total. The van der Waals surface area contributed by atoms with E-state index in [2.05, 4.69) is 11.6 Å². The monoisotopic (exact) mass is 137 g/mol. The first-order valence-electron chi connectivity index (χ1n) is 3.06. The van der Waals surface area contributed by atoms with Crippen molar-refractivity contribution in [3.05, 3.63) is 18.6 Å². The Hall–Kier alpha value is -1.25. The lowest BCUT2D eigenvalue weighted by atomic mass is 10.3. The highest BCUT2D eigenvalue weighted by Gasteiger charge is 2.00. The van der Waals surface area contributed by atoms with Gasteiger partial charge in [0.15, 0.2) is 0 Å². The van der Waals surface area contributed by atoms with Gasteiger partial charge in [-0.05, 0) is 12.5 Å². The summed E-state index contributed by atoms with van der Waals surface area (Å²) in [7, 11) is 1.90. The van der Waals surface area contributed by atoms with Gasteiger partial charge in [0.05, 0.1) is 0 Å². The molecule has 3 heteroatoms. The Morgan fingerprint density at radius 3 is 2.60 bits per heavy atom. The van der Waals surface area contributed by atoms with Gasteiger partial charge in [-0.1, -0.05) is 6.58 Å². The fourth-order valence-corrected chi connectivity index (χ4v) is 0.886. The second-order valence-electron chi connectivity index (χ2n) is 2.38. The van der Waals surface area contributed by atoms with E-state index >= 15 is 0 Å². The summed E-state index contributed by atoms with van der Waals surface area (Å²) in [5.74, 6) is 1.39. The number of anilines is 1. The van der Waals surface area contributed by atoms with Gasteiger partial charge in [0.25, 0.3) is 0 Å². The van der Waals surface area contributed by atoms with Gasteiger partial charge >= 0.3 is 0 Å². The SMILES string of the molecule is C=C(C)c1nc(N)cn1C. The number of hydrogen-bond donors (Lipinski definition) is 1. The van der Waals surface area contributed by atoms with E-state index in [1.807, 2.05) is 18.5 Å². The lowest BCUT2D eigenvalue weighted by Gasteiger charge is -1.96. The van der Waals surface area contributed by atoms with Gasteiger partial charge in [-0.3, -0.25) is 0 Å². The zero-order valence-corrected chi connectivity index (χ0v) is 6.26. The Bertz CT molecular complexity index is 260. The molecular weight excluding hydrogens is 126 g/mol. The molecule has 0 saturated heterocycles. The number of nitrogens with zero attached hydrogens (tertiary/aromatic N) is 2. The molecule has 1 heterocycles. The zero-order chi connectivity index (χ0) is 7.72. The number of hydrogen-bond acceptors (Lipinski definition) is 2. The molecule has 0 fully saturated rings. The minimum atomic E-state index is 0.542. The predicted molar refractivity (Wildman–Crippen MR) is 42.3 cm³/mol. The number of aryl methyl sites for hydroxylation is 1. The molecule has 1 aromatic heterocycles. The quantitative estimate of drug-likeness (QED) is 0.628. The van der Waals surface area contributed by atoms with Crippen LogP contribution >= 0.6 is 0 Å². The van der Waals surface area contributed by atoms with Gasteiger partial charge < -0.3 is 10.3 Å². The van der Waals surface area contributed by atoms with Crippen LogP contribution in [-0.2, 0) is 7.05 Å². The molecule has 0 spiro atoms. The normalized spacial score (nSPS) is 9.80. The maximum Gasteiger partial charge on any atom is 0.142 e. The van der Waals surface area contributed by atoms with Crippen LogP contribution in [0.1, 0.15) is 12.7 Å². The lowest BCUT2D eigenvalue weighted by Crippen LogP contribution is -1.92. The number of aromatic nitrogens is 2. The van der Waals surface area contributed by atoms with E-state index in [1.165, 1.54) is 0 Å². The maximum absolute atomic E-state index is 5.44. The van der Waals surface area contributed by atoms with Crippen molar-refractivity contribution >= 4 is 11.4 Å². The molecule has 0 saturated carbocycles. The van der Waals surface area contributed by atoms with Gasteiger partial charge in [-0.2, -0.15) is 0 Å². The average Bonchev–Trinajstić information content (AvgIpc) is 2.10. The summed E-state index contributed by atoms with van der Waals surface area (Å²) in [5, 5.41) is 0. The molecule has 54 valence electrons. The second kappa shape index (κ2) is 2.17. The van der Waals surface area contributed by atoms with E-state index in [-0.39, 0.29) is 0 Å². The van der Waals surface area contributed by atoms with Crippen molar-refractivity contribution in [3.63, 3.8) is 0 Å². The largest absolute Gasteiger partial charge is 0.382 e. The molecular formula is C7H11N3. The highest BCUT2D eigenvalue weighted by molar-refractivity contribution is 5.56. The fourth-order valence-electron chi connectivity index (χ4n) is 0.886. The molecule has 0 aromatic carbocycles. The van der Waals surface area contributed by atoms with Crippen LogP contribution in [0.5, 0.6) is 0 Å². The number of nitrogens with two attached hydrogens (primary N) is 1. The van der Waals surface area contributed by atoms with E-state index in [0.29, 0.717) is 5.82 Å². The highest BCUT2D eigenvalue weighted by atomic mass is 15.1. The standard InChI is InChI=1S/C7H11N3/c1-5(2)7-9-6(8)4-10(7)3/h4H,1,8H2,2-3H3. The number of allylic oxidation sites excluding steroid dienone is 1. The lowest BCUT2D eigenvalue weighted by molar-refractivity contribution is 0.889. The van der Waals surface area contributed by atoms with Crippen molar-refractivity contribution in [1.29, 1.82) is 0 Å². The molecule has 1 rings (SSSR count). The van der Waals surface area contributed by atoms with E-state index in [1.54, 1.807) is 6.20 Å². The summed E-state index contributed by atoms with van der Waals surface area (Å²) >= 11 is 0. The predicted octanol–water partition coefficient (Wildman–Crippen LogP) is 1.04. The second-order valence-corrected chi connectivity index (χ2v) is 2.38. The zero-order valence-electron chi connectivity index (χ0n) is 6.26. The average molecular weight is 137 g/mol. The fraction of sp³-hybridized carbons (Fsp3) is 0.286. The molecule has 0 bridgehead atoms. The third-order valence-electron chi connectivity index (χ3n) is 1.28. The van der Waals surface area contributed by atoms with E-state index in [4.69, 9.17) is 5.73 Å². The van der Waals surface area contributed by atoms with Gasteiger partial charge in [0.1, 0.15) is 11.6 Å². The minimum absolute atomic E-state index is 0.542. The van der Waals surface area contributed by atoms with E-state index in [9.17, 15) is 0 Å². The first kappa shape index (κ1) is 6.86. The summed E-state index contributed by atoms with van der Waals surface area (Å²) < 4.78 is 1.86. The molecule has 0 amide bonds. The summed E-state index contributed by atoms with van der Waals surface area (Å²) in [5.41, 5.74) is 6.37. The van der Waals surface area contributed by atoms with Gasteiger partial charge in [-0.15, -0.1) is 0 Å². The smallest absolute Gasteiger partial charge is 0.142 e. The molecule has 3 nitrogen and oxygen atoms in total. The third-order valence-corrected chi connectivity index (χ3v) is 1.28. The first-order chi connectivity index (χ1) is 4.61. The third kappa shape index (κ3) is 1.03. The molecule has 0 radical (unpaired) electrons. The van der Waals surface area contributed by atoms with Crippen LogP contribution in [0.2, 0.25) is 0 Å². The summed E-state index contributed by atoms with van der Waals surface area (Å²) in [6.07, 6.45) is 1.77. The van der Waals surface area contributed by atoms with Crippen LogP contribution in [0.25, 0.3) is 5.57 Å². The molecule has 0 aliphatic heterocycles. The summed E-state index contributed by atoms with van der Waals surface area (Å²) in [4.78, 5) is 4.05. The van der Waals surface area contributed by atoms with E-state index < -0.39 is 0 Å². The van der Waals surface area contributed by atoms with Crippen molar-refractivity contribution in [2.24, 2.45) is 7.05 Å². The van der Waals surface area contributed by atoms with Gasteiger partial charge in [0, 0.05) is 13.2 Å². The molecule has 1 aromatic rings. The Morgan fingerprint density at radius 1 is 1.80 bits per heavy atom. The number of imidazole rings is 1. The van der Waals surface area contributed by atoms with Gasteiger partial charge in [-0.25, -0.2) is 4.98 Å². The van der Waals surface area contributed by atoms with Crippen LogP contribution < -0.4 is 5.73 Å². The highest BCUT2D eigenvalue weighted by Crippen LogP contribution is 2.10. The Kier molecular flexibility index (Phi) is 1.49. The van der Waals surface area contributed by atoms with E-state index in [0.717, 1.165) is 11.4 Å². The molecule has 0 aliphatic carbocycles. The van der Waals surface area contributed by atoms with Crippen molar-refractivity contribution in [3.8, 4) is 0 Å². The Labute approximate surface area is 60.2 Å². The minimum Gasteiger partial charge on any atom is -0.382 e. The van der Waals surface area contributed by atoms with Crippen molar-refractivity contribution < 1.29 is 0 Å². The van der Waals surface area contributed by atoms with Gasteiger partial charge in [0.2, 0.25) is 0 Å². The van der Waals surface area contributed by atoms with Crippen LogP contribution in [0.3, 0.4) is 0 Å². The van der Waals surface area contributed by atoms with Crippen LogP contribution in [-0.4, -0.2) is 9.55 Å². The summed E-state index contributed by atoms with van der Waals surface area (Å²) in [6.45, 7) is 5.67.